The number of halogens is 1. The van der Waals surface area contributed by atoms with Gasteiger partial charge in [0.05, 0.1) is 12.5 Å². The normalized spacial score (nSPS) is 16.4. The first kappa shape index (κ1) is 24.4. The average molecular weight is 469 g/mol. The van der Waals surface area contributed by atoms with Crippen molar-refractivity contribution in [3.05, 3.63) is 0 Å². The van der Waals surface area contributed by atoms with Crippen molar-refractivity contribution in [3.63, 3.8) is 0 Å². The molecule has 1 fully saturated rings. The Morgan fingerprint density at radius 1 is 1.24 bits per heavy atom. The van der Waals surface area contributed by atoms with Crippen LogP contribution < -0.4 is 10.6 Å². The second kappa shape index (κ2) is 13.6. The number of hydrogen-bond acceptors (Lipinski definition) is 4. The fourth-order valence-electron chi connectivity index (χ4n) is 3.12. The van der Waals surface area contributed by atoms with Crippen LogP contribution >= 0.6 is 24.0 Å². The number of nitrogens with zero attached hydrogens (tertiary/aromatic N) is 1. The van der Waals surface area contributed by atoms with E-state index in [2.05, 4.69) is 10.6 Å². The Balaban J connectivity index is 0.00000576. The summed E-state index contributed by atoms with van der Waals surface area (Å²) in [5, 5.41) is 6.48. The Hall–Kier alpha value is -0.570. The van der Waals surface area contributed by atoms with Gasteiger partial charge in [0.1, 0.15) is 0 Å². The van der Waals surface area contributed by atoms with Crippen LogP contribution in [0.3, 0.4) is 0 Å². The smallest absolute Gasteiger partial charge is 0.307 e. The second-order valence-corrected chi connectivity index (χ2v) is 6.86. The molecule has 0 heterocycles. The van der Waals surface area contributed by atoms with Crippen molar-refractivity contribution in [3.8, 4) is 0 Å². The van der Waals surface area contributed by atoms with E-state index in [0.717, 1.165) is 32.1 Å². The Morgan fingerprint density at radius 2 is 1.92 bits per heavy atom. The van der Waals surface area contributed by atoms with E-state index in [0.29, 0.717) is 13.0 Å². The summed E-state index contributed by atoms with van der Waals surface area (Å²) in [4.78, 5) is 16.4. The maximum absolute atomic E-state index is 11.6. The zero-order chi connectivity index (χ0) is 17.8. The van der Waals surface area contributed by atoms with Crippen molar-refractivity contribution in [2.24, 2.45) is 10.4 Å². The van der Waals surface area contributed by atoms with E-state index in [-0.39, 0.29) is 41.5 Å². The van der Waals surface area contributed by atoms with Crippen LogP contribution in [-0.2, 0) is 14.3 Å². The molecule has 1 saturated carbocycles. The number of rotatable bonds is 10. The number of aliphatic imine (C=N–C) groups is 1. The largest absolute Gasteiger partial charge is 0.463 e. The van der Waals surface area contributed by atoms with Gasteiger partial charge in [0.15, 0.2) is 5.96 Å². The van der Waals surface area contributed by atoms with Gasteiger partial charge in [0, 0.05) is 33.4 Å². The van der Waals surface area contributed by atoms with Gasteiger partial charge >= 0.3 is 5.97 Å². The molecule has 6 nitrogen and oxygen atoms in total. The molecule has 1 aliphatic rings. The maximum atomic E-state index is 11.6. The van der Waals surface area contributed by atoms with Crippen LogP contribution in [0.25, 0.3) is 0 Å². The monoisotopic (exact) mass is 469 g/mol. The molecule has 0 aromatic rings. The fraction of sp³-hybridized carbons (Fsp3) is 0.889. The van der Waals surface area contributed by atoms with Gasteiger partial charge in [-0.25, -0.2) is 0 Å². The predicted octanol–water partition coefficient (Wildman–Crippen LogP) is 3.10. The van der Waals surface area contributed by atoms with Crippen molar-refractivity contribution in [1.29, 1.82) is 0 Å². The molecule has 1 aliphatic carbocycles. The highest BCUT2D eigenvalue weighted by Crippen LogP contribution is 2.41. The number of ether oxygens (including phenoxy) is 2. The highest BCUT2D eigenvalue weighted by Gasteiger charge is 2.33. The zero-order valence-corrected chi connectivity index (χ0v) is 18.6. The molecule has 1 rings (SSSR count). The molecule has 0 bridgehead atoms. The molecule has 0 spiro atoms. The predicted molar refractivity (Wildman–Crippen MR) is 113 cm³/mol. The topological polar surface area (TPSA) is 72.0 Å². The van der Waals surface area contributed by atoms with E-state index < -0.39 is 0 Å². The highest BCUT2D eigenvalue weighted by atomic mass is 127. The summed E-state index contributed by atoms with van der Waals surface area (Å²) in [6.07, 6.45) is 6.35. The Bertz CT molecular complexity index is 397. The zero-order valence-electron chi connectivity index (χ0n) is 16.2. The number of nitrogens with one attached hydrogen (secondary N) is 2. The van der Waals surface area contributed by atoms with Gasteiger partial charge in [0.25, 0.3) is 0 Å². The molecule has 0 aromatic heterocycles. The first-order chi connectivity index (χ1) is 11.5. The van der Waals surface area contributed by atoms with Gasteiger partial charge in [0.2, 0.25) is 0 Å². The summed E-state index contributed by atoms with van der Waals surface area (Å²) in [5.74, 6) is 0.597. The van der Waals surface area contributed by atoms with E-state index >= 15 is 0 Å². The minimum atomic E-state index is -0.180. The summed E-state index contributed by atoms with van der Waals surface area (Å²) in [7, 11) is 1.76. The van der Waals surface area contributed by atoms with Crippen LogP contribution in [0.4, 0.5) is 0 Å². The van der Waals surface area contributed by atoms with Crippen LogP contribution in [-0.4, -0.2) is 51.4 Å². The molecule has 2 N–H and O–H groups in total. The van der Waals surface area contributed by atoms with Gasteiger partial charge in [-0.1, -0.05) is 12.8 Å². The lowest BCUT2D eigenvalue weighted by molar-refractivity contribution is -0.147. The van der Waals surface area contributed by atoms with E-state index in [1.807, 2.05) is 20.8 Å². The summed E-state index contributed by atoms with van der Waals surface area (Å²) in [5.41, 5.74) is 0.273. The lowest BCUT2D eigenvalue weighted by Gasteiger charge is -2.27. The SMILES string of the molecule is CCNC(=NCC1(CCOC)CCCC1)NCCC(=O)OC(C)C.I. The minimum absolute atomic E-state index is 0. The third kappa shape index (κ3) is 10.2. The van der Waals surface area contributed by atoms with E-state index in [1.54, 1.807) is 7.11 Å². The summed E-state index contributed by atoms with van der Waals surface area (Å²) >= 11 is 0. The van der Waals surface area contributed by atoms with Crippen molar-refractivity contribution in [1.82, 2.24) is 10.6 Å². The molecule has 25 heavy (non-hydrogen) atoms. The third-order valence-corrected chi connectivity index (χ3v) is 4.41. The molecule has 7 heteroatoms. The lowest BCUT2D eigenvalue weighted by atomic mass is 9.83. The molecular formula is C18H36IN3O3. The number of carbonyl (C=O) groups excluding carboxylic acids is 1. The lowest BCUT2D eigenvalue weighted by Crippen LogP contribution is -2.39. The number of guanidine groups is 1. The molecule has 0 aromatic carbocycles. The van der Waals surface area contributed by atoms with Crippen LogP contribution in [0, 0.1) is 5.41 Å². The quantitative estimate of drug-likeness (QED) is 0.223. The van der Waals surface area contributed by atoms with E-state index in [9.17, 15) is 4.79 Å². The van der Waals surface area contributed by atoms with E-state index in [4.69, 9.17) is 14.5 Å². The van der Waals surface area contributed by atoms with Crippen molar-refractivity contribution >= 4 is 35.9 Å². The summed E-state index contributed by atoms with van der Waals surface area (Å²) in [6.45, 7) is 8.69. The molecule has 0 radical (unpaired) electrons. The van der Waals surface area contributed by atoms with Crippen LogP contribution in [0.1, 0.15) is 59.3 Å². The number of carbonyl (C=O) groups is 1. The first-order valence-corrected chi connectivity index (χ1v) is 9.22. The fourth-order valence-corrected chi connectivity index (χ4v) is 3.12. The summed E-state index contributed by atoms with van der Waals surface area (Å²) in [6, 6.07) is 0. The molecule has 0 atom stereocenters. The van der Waals surface area contributed by atoms with E-state index in [1.165, 1.54) is 25.7 Å². The van der Waals surface area contributed by atoms with Gasteiger partial charge in [-0.05, 0) is 45.4 Å². The van der Waals surface area contributed by atoms with Crippen LogP contribution in [0.2, 0.25) is 0 Å². The molecule has 0 amide bonds. The standard InChI is InChI=1S/C18H35N3O3.HI/c1-5-19-17(20-12-8-16(22)24-15(2)3)21-14-18(11-13-23-4)9-6-7-10-18;/h15H,5-14H2,1-4H3,(H2,19,20,21);1H. The van der Waals surface area contributed by atoms with Gasteiger partial charge in [-0.2, -0.15) is 0 Å². The van der Waals surface area contributed by atoms with Crippen molar-refractivity contribution in [2.75, 3.05) is 33.4 Å². The highest BCUT2D eigenvalue weighted by molar-refractivity contribution is 14.0. The van der Waals surface area contributed by atoms with Crippen molar-refractivity contribution < 1.29 is 14.3 Å². The Kier molecular flexibility index (Phi) is 13.3. The Morgan fingerprint density at radius 3 is 2.48 bits per heavy atom. The second-order valence-electron chi connectivity index (χ2n) is 6.86. The molecular weight excluding hydrogens is 433 g/mol. The number of esters is 1. The molecule has 0 aliphatic heterocycles. The molecule has 148 valence electrons. The minimum Gasteiger partial charge on any atom is -0.463 e. The van der Waals surface area contributed by atoms with Crippen LogP contribution in [0.15, 0.2) is 4.99 Å². The third-order valence-electron chi connectivity index (χ3n) is 4.41. The molecule has 0 saturated heterocycles. The average Bonchev–Trinajstić information content (AvgIpc) is 2.99. The van der Waals surface area contributed by atoms with Gasteiger partial charge in [-0.15, -0.1) is 24.0 Å². The summed E-state index contributed by atoms with van der Waals surface area (Å²) < 4.78 is 10.4. The number of methoxy groups -OCH3 is 1. The van der Waals surface area contributed by atoms with Crippen molar-refractivity contribution in [2.45, 2.75) is 65.4 Å². The number of hydrogen-bond donors (Lipinski definition) is 2. The van der Waals surface area contributed by atoms with Gasteiger partial charge in [-0.3, -0.25) is 9.79 Å². The van der Waals surface area contributed by atoms with Gasteiger partial charge < -0.3 is 20.1 Å². The Labute approximate surface area is 169 Å². The first-order valence-electron chi connectivity index (χ1n) is 9.22. The van der Waals surface area contributed by atoms with Crippen LogP contribution in [0.5, 0.6) is 0 Å². The maximum Gasteiger partial charge on any atom is 0.307 e. The molecule has 0 unspecified atom stereocenters.